The van der Waals surface area contributed by atoms with Gasteiger partial charge in [0.15, 0.2) is 0 Å². The van der Waals surface area contributed by atoms with Gasteiger partial charge in [-0.2, -0.15) is 9.78 Å². The summed E-state index contributed by atoms with van der Waals surface area (Å²) in [4.78, 5) is 17.4. The highest BCUT2D eigenvalue weighted by molar-refractivity contribution is 5.97. The van der Waals surface area contributed by atoms with Crippen molar-refractivity contribution in [3.63, 3.8) is 0 Å². The molecule has 124 valence electrons. The molecule has 0 amide bonds. The fraction of sp³-hybridized carbons (Fsp3) is 0.533. The molecule has 0 fully saturated rings. The van der Waals surface area contributed by atoms with Crippen molar-refractivity contribution in [2.45, 2.75) is 34.1 Å². The third-order valence-electron chi connectivity index (χ3n) is 2.89. The van der Waals surface area contributed by atoms with Gasteiger partial charge in [0.1, 0.15) is 31.3 Å². The smallest absolute Gasteiger partial charge is 0.220 e. The summed E-state index contributed by atoms with van der Waals surface area (Å²) in [6.45, 7) is 9.38. The number of hydrogen-bond donors (Lipinski definition) is 0. The van der Waals surface area contributed by atoms with Crippen LogP contribution in [0.2, 0.25) is 0 Å². The molecule has 0 aromatic carbocycles. The van der Waals surface area contributed by atoms with E-state index >= 15 is 0 Å². The van der Waals surface area contributed by atoms with Crippen molar-refractivity contribution in [3.05, 3.63) is 30.7 Å². The van der Waals surface area contributed by atoms with E-state index in [0.717, 1.165) is 6.42 Å². The zero-order valence-electron chi connectivity index (χ0n) is 13.9. The minimum absolute atomic E-state index is 0.207. The van der Waals surface area contributed by atoms with Crippen molar-refractivity contribution in [1.82, 2.24) is 24.7 Å². The maximum absolute atomic E-state index is 5.70. The van der Waals surface area contributed by atoms with Gasteiger partial charge in [-0.05, 0) is 18.8 Å². The van der Waals surface area contributed by atoms with Crippen molar-refractivity contribution < 1.29 is 9.57 Å². The van der Waals surface area contributed by atoms with Crippen molar-refractivity contribution in [2.75, 3.05) is 13.2 Å². The van der Waals surface area contributed by atoms with Crippen molar-refractivity contribution in [3.8, 4) is 5.88 Å². The Morgan fingerprint density at radius 1 is 1.26 bits per heavy atom. The Morgan fingerprint density at radius 2 is 2.09 bits per heavy atom. The third kappa shape index (κ3) is 5.32. The van der Waals surface area contributed by atoms with Gasteiger partial charge in [0, 0.05) is 6.07 Å². The Hall–Kier alpha value is -2.51. The Morgan fingerprint density at radius 3 is 2.74 bits per heavy atom. The second-order valence-electron chi connectivity index (χ2n) is 6.07. The number of rotatable bonds is 6. The first kappa shape index (κ1) is 16.9. The number of nitrogens with zero attached hydrogens (tertiary/aromatic N) is 6. The van der Waals surface area contributed by atoms with E-state index in [0.29, 0.717) is 30.6 Å². The molecule has 0 radical (unpaired) electrons. The molecule has 23 heavy (non-hydrogen) atoms. The zero-order chi connectivity index (χ0) is 16.7. The molecule has 0 N–H and O–H groups in total. The van der Waals surface area contributed by atoms with Crippen molar-refractivity contribution in [1.29, 1.82) is 0 Å². The highest BCUT2D eigenvalue weighted by Crippen LogP contribution is 2.19. The zero-order valence-corrected chi connectivity index (χ0v) is 13.9. The molecule has 0 aliphatic heterocycles. The molecule has 0 aliphatic rings. The first-order chi connectivity index (χ1) is 11.0. The average molecular weight is 318 g/mol. The van der Waals surface area contributed by atoms with Crippen LogP contribution >= 0.6 is 0 Å². The lowest BCUT2D eigenvalue weighted by atomic mass is 9.93. The fourth-order valence-corrected chi connectivity index (χ4v) is 1.65. The summed E-state index contributed by atoms with van der Waals surface area (Å²) in [5.41, 5.74) is 0.753. The SMILES string of the molecule is CCO/N=C(/c1cc(OCCC(C)(C)C)ncn1)n1cncn1. The van der Waals surface area contributed by atoms with Gasteiger partial charge in [-0.25, -0.2) is 15.0 Å². The van der Waals surface area contributed by atoms with E-state index in [2.05, 4.69) is 46.0 Å². The molecule has 0 spiro atoms. The number of ether oxygens (including phenoxy) is 1. The summed E-state index contributed by atoms with van der Waals surface area (Å²) >= 11 is 0. The molecule has 0 aliphatic carbocycles. The van der Waals surface area contributed by atoms with Crippen molar-refractivity contribution >= 4 is 5.84 Å². The quantitative estimate of drug-likeness (QED) is 0.460. The average Bonchev–Trinajstić information content (AvgIpc) is 3.01. The lowest BCUT2D eigenvalue weighted by Crippen LogP contribution is -2.17. The normalized spacial score (nSPS) is 12.3. The summed E-state index contributed by atoms with van der Waals surface area (Å²) in [5, 5.41) is 8.11. The first-order valence-corrected chi connectivity index (χ1v) is 7.50. The molecule has 8 heteroatoms. The standard InChI is InChI=1S/C15H22N6O2/c1-5-23-20-14(21-11-16-9-19-21)12-8-13(18-10-17-12)22-7-6-15(2,3)4/h8-11H,5-7H2,1-4H3/b20-14-. The number of aromatic nitrogens is 5. The molecule has 2 aromatic rings. The van der Waals surface area contributed by atoms with Crippen LogP contribution in [0.3, 0.4) is 0 Å². The highest BCUT2D eigenvalue weighted by Gasteiger charge is 2.13. The van der Waals surface area contributed by atoms with Crippen LogP contribution in [0.5, 0.6) is 5.88 Å². The van der Waals surface area contributed by atoms with E-state index in [1.807, 2.05) is 6.92 Å². The predicted octanol–water partition coefficient (Wildman–Crippen LogP) is 2.13. The first-order valence-electron chi connectivity index (χ1n) is 7.50. The molecule has 8 nitrogen and oxygen atoms in total. The van der Waals surface area contributed by atoms with Gasteiger partial charge < -0.3 is 9.57 Å². The molecule has 0 unspecified atom stereocenters. The number of hydrogen-bond acceptors (Lipinski definition) is 7. The van der Waals surface area contributed by atoms with Gasteiger partial charge in [-0.15, -0.1) is 0 Å². The van der Waals surface area contributed by atoms with E-state index in [4.69, 9.17) is 9.57 Å². The Balaban J connectivity index is 2.16. The van der Waals surface area contributed by atoms with Gasteiger partial charge >= 0.3 is 0 Å². The molecule has 2 heterocycles. The van der Waals surface area contributed by atoms with Crippen LogP contribution < -0.4 is 4.74 Å². The summed E-state index contributed by atoms with van der Waals surface area (Å²) in [6, 6.07) is 1.71. The van der Waals surface area contributed by atoms with Gasteiger partial charge in [0.05, 0.1) is 6.61 Å². The Kier molecular flexibility index (Phi) is 5.61. The van der Waals surface area contributed by atoms with Crippen LogP contribution in [-0.4, -0.2) is 43.8 Å². The van der Waals surface area contributed by atoms with Gasteiger partial charge in [-0.1, -0.05) is 25.9 Å². The molecule has 2 aromatic heterocycles. The van der Waals surface area contributed by atoms with E-state index in [1.54, 1.807) is 6.07 Å². The van der Waals surface area contributed by atoms with Gasteiger partial charge in [0.25, 0.3) is 0 Å². The van der Waals surface area contributed by atoms with Crippen LogP contribution in [0.4, 0.5) is 0 Å². The van der Waals surface area contributed by atoms with E-state index in [-0.39, 0.29) is 5.41 Å². The minimum Gasteiger partial charge on any atom is -0.478 e. The van der Waals surface area contributed by atoms with Crippen LogP contribution in [0.1, 0.15) is 39.8 Å². The molecule has 0 saturated heterocycles. The summed E-state index contributed by atoms with van der Waals surface area (Å²) in [5.74, 6) is 0.913. The second kappa shape index (κ2) is 7.66. The summed E-state index contributed by atoms with van der Waals surface area (Å²) in [6.07, 6.45) is 5.30. The summed E-state index contributed by atoms with van der Waals surface area (Å²) < 4.78 is 7.19. The maximum atomic E-state index is 5.70. The van der Waals surface area contributed by atoms with E-state index in [1.165, 1.54) is 23.7 Å². The molecule has 0 atom stereocenters. The lowest BCUT2D eigenvalue weighted by Gasteiger charge is -2.17. The van der Waals surface area contributed by atoms with Gasteiger partial charge in [0.2, 0.25) is 11.7 Å². The maximum Gasteiger partial charge on any atom is 0.220 e. The van der Waals surface area contributed by atoms with E-state index < -0.39 is 0 Å². The molecule has 0 bridgehead atoms. The Bertz CT molecular complexity index is 634. The Labute approximate surface area is 135 Å². The van der Waals surface area contributed by atoms with Crippen LogP contribution in [0, 0.1) is 5.41 Å². The fourth-order valence-electron chi connectivity index (χ4n) is 1.65. The van der Waals surface area contributed by atoms with Crippen LogP contribution in [-0.2, 0) is 4.84 Å². The largest absolute Gasteiger partial charge is 0.478 e. The summed E-state index contributed by atoms with van der Waals surface area (Å²) in [7, 11) is 0. The molecule has 0 saturated carbocycles. The monoisotopic (exact) mass is 318 g/mol. The van der Waals surface area contributed by atoms with Crippen molar-refractivity contribution in [2.24, 2.45) is 10.6 Å². The molecular weight excluding hydrogens is 296 g/mol. The minimum atomic E-state index is 0.207. The predicted molar refractivity (Wildman–Crippen MR) is 85.2 cm³/mol. The van der Waals surface area contributed by atoms with Crippen LogP contribution in [0.25, 0.3) is 0 Å². The second-order valence-corrected chi connectivity index (χ2v) is 6.07. The van der Waals surface area contributed by atoms with Gasteiger partial charge in [-0.3, -0.25) is 0 Å². The molecule has 2 rings (SSSR count). The lowest BCUT2D eigenvalue weighted by molar-refractivity contribution is 0.157. The molecular formula is C15H22N6O2. The third-order valence-corrected chi connectivity index (χ3v) is 2.89. The van der Waals surface area contributed by atoms with Crippen LogP contribution in [0.15, 0.2) is 30.2 Å². The van der Waals surface area contributed by atoms with E-state index in [9.17, 15) is 0 Å². The highest BCUT2D eigenvalue weighted by atomic mass is 16.6. The topological polar surface area (TPSA) is 87.3 Å². The number of oxime groups is 1.